The predicted octanol–water partition coefficient (Wildman–Crippen LogP) is 2.66. The molecule has 0 aliphatic heterocycles. The summed E-state index contributed by atoms with van der Waals surface area (Å²) in [6.45, 7) is 0. The summed E-state index contributed by atoms with van der Waals surface area (Å²) >= 11 is 4.58. The average Bonchev–Trinajstić information content (AvgIpc) is 2.37. The minimum atomic E-state index is -0.473. The molecule has 1 rings (SSSR count). The SMILES string of the molecule is COC(=O)c1ccc(Br)cc1N=C(NC#N)SC. The lowest BCUT2D eigenvalue weighted by Crippen LogP contribution is -2.13. The molecule has 0 aliphatic rings. The lowest BCUT2D eigenvalue weighted by molar-refractivity contribution is 0.0601. The van der Waals surface area contributed by atoms with Gasteiger partial charge in [0.05, 0.1) is 18.4 Å². The summed E-state index contributed by atoms with van der Waals surface area (Å²) in [5.41, 5.74) is 0.773. The molecular weight excluding hydrogens is 318 g/mol. The van der Waals surface area contributed by atoms with Gasteiger partial charge in [0.1, 0.15) is 0 Å². The Labute approximate surface area is 117 Å². The van der Waals surface area contributed by atoms with E-state index in [0.29, 0.717) is 16.4 Å². The molecule has 1 aromatic carbocycles. The Bertz CT molecular complexity index is 526. The molecule has 0 bridgehead atoms. The second-order valence-corrected chi connectivity index (χ2v) is 4.72. The minimum Gasteiger partial charge on any atom is -0.465 e. The topological polar surface area (TPSA) is 74.5 Å². The number of halogens is 1. The fourth-order valence-corrected chi connectivity index (χ4v) is 1.85. The van der Waals surface area contributed by atoms with Crippen LogP contribution in [-0.4, -0.2) is 24.5 Å². The highest BCUT2D eigenvalue weighted by Gasteiger charge is 2.12. The molecule has 0 saturated carbocycles. The number of nitrogens with one attached hydrogen (secondary N) is 1. The minimum absolute atomic E-state index is 0.340. The lowest BCUT2D eigenvalue weighted by atomic mass is 10.2. The van der Waals surface area contributed by atoms with Crippen molar-refractivity contribution >= 4 is 44.5 Å². The van der Waals surface area contributed by atoms with Crippen LogP contribution in [-0.2, 0) is 4.74 Å². The Morgan fingerprint density at radius 1 is 1.61 bits per heavy atom. The van der Waals surface area contributed by atoms with E-state index in [9.17, 15) is 4.79 Å². The van der Waals surface area contributed by atoms with Crippen molar-refractivity contribution in [3.63, 3.8) is 0 Å². The van der Waals surface area contributed by atoms with Crippen LogP contribution in [0, 0.1) is 11.5 Å². The summed E-state index contributed by atoms with van der Waals surface area (Å²) in [5, 5.41) is 11.4. The first-order valence-corrected chi connectivity index (χ1v) is 6.79. The van der Waals surface area contributed by atoms with Crippen LogP contribution in [0.1, 0.15) is 10.4 Å². The Morgan fingerprint density at radius 2 is 2.33 bits per heavy atom. The molecule has 0 amide bonds. The zero-order valence-corrected chi connectivity index (χ0v) is 12.1. The van der Waals surface area contributed by atoms with E-state index in [0.717, 1.165) is 4.47 Å². The van der Waals surface area contributed by atoms with Gasteiger partial charge in [-0.15, -0.1) is 0 Å². The van der Waals surface area contributed by atoms with E-state index in [4.69, 9.17) is 5.26 Å². The summed E-state index contributed by atoms with van der Waals surface area (Å²) in [7, 11) is 1.31. The van der Waals surface area contributed by atoms with Crippen molar-refractivity contribution in [1.82, 2.24) is 5.32 Å². The summed E-state index contributed by atoms with van der Waals surface area (Å²) < 4.78 is 5.46. The predicted molar refractivity (Wildman–Crippen MR) is 74.8 cm³/mol. The molecule has 0 heterocycles. The Morgan fingerprint density at radius 3 is 2.89 bits per heavy atom. The third-order valence-electron chi connectivity index (χ3n) is 1.94. The van der Waals surface area contributed by atoms with Gasteiger partial charge in [-0.05, 0) is 24.5 Å². The Hall–Kier alpha value is -1.52. The highest BCUT2D eigenvalue weighted by Crippen LogP contribution is 2.25. The maximum absolute atomic E-state index is 11.6. The maximum Gasteiger partial charge on any atom is 0.340 e. The van der Waals surface area contributed by atoms with Gasteiger partial charge in [0, 0.05) is 4.47 Å². The number of ether oxygens (including phenoxy) is 1. The quantitative estimate of drug-likeness (QED) is 0.297. The van der Waals surface area contributed by atoms with Gasteiger partial charge in [-0.3, -0.25) is 5.32 Å². The number of hydrogen-bond donors (Lipinski definition) is 1. The van der Waals surface area contributed by atoms with Crippen LogP contribution in [0.2, 0.25) is 0 Å². The van der Waals surface area contributed by atoms with E-state index in [1.165, 1.54) is 18.9 Å². The molecule has 0 aliphatic carbocycles. The fraction of sp³-hybridized carbons (Fsp3) is 0.182. The summed E-state index contributed by atoms with van der Waals surface area (Å²) in [6.07, 6.45) is 3.56. The molecule has 7 heteroatoms. The second kappa shape index (κ2) is 7.03. The lowest BCUT2D eigenvalue weighted by Gasteiger charge is -2.06. The molecule has 1 aromatic rings. The van der Waals surface area contributed by atoms with Crippen molar-refractivity contribution in [2.75, 3.05) is 13.4 Å². The van der Waals surface area contributed by atoms with Crippen molar-refractivity contribution in [3.8, 4) is 6.19 Å². The first-order valence-electron chi connectivity index (χ1n) is 4.78. The molecule has 0 spiro atoms. The molecule has 0 unspecified atom stereocenters. The highest BCUT2D eigenvalue weighted by atomic mass is 79.9. The number of amidine groups is 1. The number of esters is 1. The standard InChI is InChI=1S/C11H10BrN3O2S/c1-17-10(16)8-4-3-7(12)5-9(8)15-11(18-2)14-6-13/h3-5H,1-2H3,(H,14,15). The molecule has 0 radical (unpaired) electrons. The van der Waals surface area contributed by atoms with E-state index in [1.54, 1.807) is 30.6 Å². The Kier molecular flexibility index (Phi) is 5.68. The molecule has 0 aromatic heterocycles. The van der Waals surface area contributed by atoms with Crippen molar-refractivity contribution in [2.45, 2.75) is 0 Å². The van der Waals surface area contributed by atoms with Crippen LogP contribution in [0.4, 0.5) is 5.69 Å². The second-order valence-electron chi connectivity index (χ2n) is 3.01. The number of nitrogens with zero attached hydrogens (tertiary/aromatic N) is 2. The van der Waals surface area contributed by atoms with E-state index in [-0.39, 0.29) is 0 Å². The first-order chi connectivity index (χ1) is 8.62. The third-order valence-corrected chi connectivity index (χ3v) is 3.02. The summed E-state index contributed by atoms with van der Waals surface area (Å²) in [5.74, 6) is -0.473. The normalized spacial score (nSPS) is 10.7. The first kappa shape index (κ1) is 14.5. The van der Waals surface area contributed by atoms with E-state index >= 15 is 0 Å². The van der Waals surface area contributed by atoms with Gasteiger partial charge in [-0.1, -0.05) is 27.7 Å². The van der Waals surface area contributed by atoms with E-state index in [1.807, 2.05) is 0 Å². The van der Waals surface area contributed by atoms with Gasteiger partial charge in [-0.25, -0.2) is 9.79 Å². The van der Waals surface area contributed by atoms with Crippen LogP contribution in [0.15, 0.2) is 27.7 Å². The van der Waals surface area contributed by atoms with Crippen LogP contribution in [0.3, 0.4) is 0 Å². The molecule has 5 nitrogen and oxygen atoms in total. The van der Waals surface area contributed by atoms with Gasteiger partial charge in [0.2, 0.25) is 0 Å². The van der Waals surface area contributed by atoms with Crippen molar-refractivity contribution in [2.24, 2.45) is 4.99 Å². The van der Waals surface area contributed by atoms with Gasteiger partial charge in [0.15, 0.2) is 11.4 Å². The number of carbonyl (C=O) groups excluding carboxylic acids is 1. The van der Waals surface area contributed by atoms with Gasteiger partial charge in [0.25, 0.3) is 0 Å². The molecule has 0 saturated heterocycles. The maximum atomic E-state index is 11.6. The molecule has 18 heavy (non-hydrogen) atoms. The van der Waals surface area contributed by atoms with Crippen molar-refractivity contribution < 1.29 is 9.53 Å². The van der Waals surface area contributed by atoms with Gasteiger partial charge < -0.3 is 4.74 Å². The van der Waals surface area contributed by atoms with Gasteiger partial charge >= 0.3 is 5.97 Å². The number of hydrogen-bond acceptors (Lipinski definition) is 5. The molecular formula is C11H10BrN3O2S. The van der Waals surface area contributed by atoms with E-state index < -0.39 is 5.97 Å². The fourth-order valence-electron chi connectivity index (χ4n) is 1.16. The smallest absolute Gasteiger partial charge is 0.340 e. The Balaban J connectivity index is 3.25. The largest absolute Gasteiger partial charge is 0.465 e. The zero-order valence-electron chi connectivity index (χ0n) is 9.73. The van der Waals surface area contributed by atoms with E-state index in [2.05, 4.69) is 31.0 Å². The number of methoxy groups -OCH3 is 1. The summed E-state index contributed by atoms with van der Waals surface area (Å²) in [4.78, 5) is 15.8. The number of thioether (sulfide) groups is 1. The monoisotopic (exact) mass is 327 g/mol. The molecule has 0 atom stereocenters. The molecule has 0 fully saturated rings. The number of benzene rings is 1. The summed E-state index contributed by atoms with van der Waals surface area (Å²) in [6, 6.07) is 5.02. The number of nitriles is 1. The molecule has 94 valence electrons. The van der Waals surface area contributed by atoms with Crippen molar-refractivity contribution in [1.29, 1.82) is 5.26 Å². The number of carbonyl (C=O) groups is 1. The van der Waals surface area contributed by atoms with Crippen LogP contribution >= 0.6 is 27.7 Å². The highest BCUT2D eigenvalue weighted by molar-refractivity contribution is 9.10. The average molecular weight is 328 g/mol. The van der Waals surface area contributed by atoms with Crippen molar-refractivity contribution in [3.05, 3.63) is 28.2 Å². The van der Waals surface area contributed by atoms with Crippen LogP contribution in [0.5, 0.6) is 0 Å². The van der Waals surface area contributed by atoms with Crippen LogP contribution in [0.25, 0.3) is 0 Å². The van der Waals surface area contributed by atoms with Gasteiger partial charge in [-0.2, -0.15) is 5.26 Å². The number of rotatable bonds is 2. The number of aliphatic imine (C=N–C) groups is 1. The third kappa shape index (κ3) is 3.75. The zero-order chi connectivity index (χ0) is 13.5. The van der Waals surface area contributed by atoms with Crippen LogP contribution < -0.4 is 5.32 Å². The molecule has 1 N–H and O–H groups in total.